The Morgan fingerprint density at radius 2 is 2.28 bits per heavy atom. The molecule has 0 bridgehead atoms. The van der Waals surface area contributed by atoms with Crippen molar-refractivity contribution < 1.29 is 8.42 Å². The maximum Gasteiger partial charge on any atom is 0.152 e. The Balaban J connectivity index is 2.20. The van der Waals surface area contributed by atoms with Crippen LogP contribution in [0.15, 0.2) is 18.2 Å². The first kappa shape index (κ1) is 13.2. The minimum Gasteiger partial charge on any atom is -0.388 e. The van der Waals surface area contributed by atoms with E-state index in [0.29, 0.717) is 17.9 Å². The third-order valence-electron chi connectivity index (χ3n) is 2.93. The van der Waals surface area contributed by atoms with Gasteiger partial charge >= 0.3 is 0 Å². The van der Waals surface area contributed by atoms with Crippen LogP contribution in [0.1, 0.15) is 19.0 Å². The molecule has 1 unspecified atom stereocenters. The van der Waals surface area contributed by atoms with Gasteiger partial charge in [-0.1, -0.05) is 18.3 Å². The Hall–Kier alpha value is -1.21. The molecule has 98 valence electrons. The van der Waals surface area contributed by atoms with Crippen LogP contribution in [0.4, 0.5) is 5.82 Å². The molecule has 2 heterocycles. The zero-order valence-electron chi connectivity index (χ0n) is 10.0. The van der Waals surface area contributed by atoms with Gasteiger partial charge in [-0.25, -0.2) is 13.4 Å². The summed E-state index contributed by atoms with van der Waals surface area (Å²) in [5, 5.41) is 3.16. The molecule has 1 aliphatic heterocycles. The summed E-state index contributed by atoms with van der Waals surface area (Å²) in [6.45, 7) is 1.88. The molecule has 0 amide bonds. The number of thiocarbonyl (C=S) groups is 1. The number of rotatable bonds is 3. The molecule has 1 atom stereocenters. The predicted molar refractivity (Wildman–Crippen MR) is 75.4 cm³/mol. The van der Waals surface area contributed by atoms with Crippen LogP contribution < -0.4 is 11.1 Å². The maximum absolute atomic E-state index is 11.5. The second-order valence-corrected chi connectivity index (χ2v) is 7.42. The first-order valence-electron chi connectivity index (χ1n) is 5.55. The highest BCUT2D eigenvalue weighted by Crippen LogP contribution is 2.26. The standard InChI is InChI=1S/C11H15N3O2S2/c1-11(5-6-18(15,16)7-11)14-9-4-2-3-8(13-9)10(12)17/h2-4H,5-7H2,1H3,(H2,12,17)(H,13,14). The topological polar surface area (TPSA) is 85.1 Å². The van der Waals surface area contributed by atoms with E-state index in [4.69, 9.17) is 18.0 Å². The van der Waals surface area contributed by atoms with Crippen molar-refractivity contribution in [3.8, 4) is 0 Å². The van der Waals surface area contributed by atoms with Crippen LogP contribution >= 0.6 is 12.2 Å². The zero-order valence-corrected chi connectivity index (χ0v) is 11.6. The fourth-order valence-electron chi connectivity index (χ4n) is 2.06. The average Bonchev–Trinajstić information content (AvgIpc) is 2.53. The molecule has 1 aromatic rings. The smallest absolute Gasteiger partial charge is 0.152 e. The van der Waals surface area contributed by atoms with Gasteiger partial charge in [-0.05, 0) is 25.5 Å². The van der Waals surface area contributed by atoms with Gasteiger partial charge in [0.25, 0.3) is 0 Å². The van der Waals surface area contributed by atoms with Gasteiger partial charge in [0.2, 0.25) is 0 Å². The zero-order chi connectivity index (χ0) is 13.4. The van der Waals surface area contributed by atoms with Crippen LogP contribution in [0.3, 0.4) is 0 Å². The molecule has 5 nitrogen and oxygen atoms in total. The van der Waals surface area contributed by atoms with E-state index >= 15 is 0 Å². The highest BCUT2D eigenvalue weighted by molar-refractivity contribution is 7.91. The van der Waals surface area contributed by atoms with Crippen molar-refractivity contribution in [3.63, 3.8) is 0 Å². The summed E-state index contributed by atoms with van der Waals surface area (Å²) in [5.74, 6) is 0.935. The molecule has 3 N–H and O–H groups in total. The summed E-state index contributed by atoms with van der Waals surface area (Å²) in [6.07, 6.45) is 0.578. The molecule has 1 aliphatic rings. The van der Waals surface area contributed by atoms with Gasteiger partial charge in [0.05, 0.1) is 22.7 Å². The van der Waals surface area contributed by atoms with E-state index in [0.717, 1.165) is 0 Å². The van der Waals surface area contributed by atoms with Crippen molar-refractivity contribution in [2.45, 2.75) is 18.9 Å². The number of nitrogens with one attached hydrogen (secondary N) is 1. The molecule has 0 aliphatic carbocycles. The number of nitrogens with zero attached hydrogens (tertiary/aromatic N) is 1. The molecular weight excluding hydrogens is 270 g/mol. The van der Waals surface area contributed by atoms with Gasteiger partial charge in [0.15, 0.2) is 9.84 Å². The van der Waals surface area contributed by atoms with Gasteiger partial charge in [-0.15, -0.1) is 0 Å². The predicted octanol–water partition coefficient (Wildman–Crippen LogP) is 0.705. The van der Waals surface area contributed by atoms with Gasteiger partial charge in [-0.2, -0.15) is 0 Å². The van der Waals surface area contributed by atoms with Gasteiger partial charge in [0, 0.05) is 0 Å². The normalized spacial score (nSPS) is 25.8. The summed E-state index contributed by atoms with van der Waals surface area (Å²) in [6, 6.07) is 5.29. The lowest BCUT2D eigenvalue weighted by molar-refractivity contribution is 0.572. The number of pyridine rings is 1. The molecule has 0 radical (unpaired) electrons. The number of hydrogen-bond donors (Lipinski definition) is 2. The number of aromatic nitrogens is 1. The Kier molecular flexibility index (Phi) is 3.29. The summed E-state index contributed by atoms with van der Waals surface area (Å²) in [4.78, 5) is 4.48. The van der Waals surface area contributed by atoms with Crippen LogP contribution in [-0.2, 0) is 9.84 Å². The largest absolute Gasteiger partial charge is 0.388 e. The third kappa shape index (κ3) is 2.97. The van der Waals surface area contributed by atoms with Crippen molar-refractivity contribution in [2.75, 3.05) is 16.8 Å². The van der Waals surface area contributed by atoms with Crippen LogP contribution in [0, 0.1) is 0 Å². The van der Waals surface area contributed by atoms with Crippen molar-refractivity contribution in [3.05, 3.63) is 23.9 Å². The molecule has 7 heteroatoms. The van der Waals surface area contributed by atoms with E-state index in [1.54, 1.807) is 18.2 Å². The highest BCUT2D eigenvalue weighted by atomic mass is 32.2. The van der Waals surface area contributed by atoms with Crippen molar-refractivity contribution in [2.24, 2.45) is 5.73 Å². The molecule has 0 aromatic carbocycles. The number of anilines is 1. The minimum absolute atomic E-state index is 0.124. The summed E-state index contributed by atoms with van der Waals surface area (Å²) >= 11 is 4.86. The molecule has 1 fully saturated rings. The Labute approximate surface area is 112 Å². The van der Waals surface area contributed by atoms with E-state index in [9.17, 15) is 8.42 Å². The van der Waals surface area contributed by atoms with Gasteiger partial charge in [0.1, 0.15) is 10.8 Å². The second kappa shape index (κ2) is 4.47. The van der Waals surface area contributed by atoms with E-state index in [1.807, 2.05) is 6.92 Å². The summed E-state index contributed by atoms with van der Waals surface area (Å²) in [7, 11) is -2.94. The summed E-state index contributed by atoms with van der Waals surface area (Å²) in [5.41, 5.74) is 5.57. The Bertz CT molecular complexity index is 586. The van der Waals surface area contributed by atoms with Crippen LogP contribution in [-0.4, -0.2) is 35.4 Å². The van der Waals surface area contributed by atoms with Crippen molar-refractivity contribution in [1.29, 1.82) is 0 Å². The molecule has 18 heavy (non-hydrogen) atoms. The molecule has 1 aromatic heterocycles. The van der Waals surface area contributed by atoms with Crippen LogP contribution in [0.5, 0.6) is 0 Å². The average molecular weight is 285 g/mol. The van der Waals surface area contributed by atoms with Crippen LogP contribution in [0.2, 0.25) is 0 Å². The number of hydrogen-bond acceptors (Lipinski definition) is 5. The van der Waals surface area contributed by atoms with Crippen LogP contribution in [0.25, 0.3) is 0 Å². The minimum atomic E-state index is -2.94. The lowest BCUT2D eigenvalue weighted by Crippen LogP contribution is -2.36. The van der Waals surface area contributed by atoms with Gasteiger partial charge < -0.3 is 11.1 Å². The van der Waals surface area contributed by atoms with E-state index in [-0.39, 0.29) is 16.5 Å². The SMILES string of the molecule is CC1(Nc2cccc(C(N)=S)n2)CCS(=O)(=O)C1. The molecule has 2 rings (SSSR count). The molecule has 0 saturated carbocycles. The van der Waals surface area contributed by atoms with E-state index < -0.39 is 15.4 Å². The first-order valence-corrected chi connectivity index (χ1v) is 7.78. The van der Waals surface area contributed by atoms with Gasteiger partial charge in [-0.3, -0.25) is 0 Å². The second-order valence-electron chi connectivity index (χ2n) is 4.80. The van der Waals surface area contributed by atoms with Crippen molar-refractivity contribution in [1.82, 2.24) is 4.98 Å². The maximum atomic E-state index is 11.5. The Morgan fingerprint density at radius 1 is 1.56 bits per heavy atom. The Morgan fingerprint density at radius 3 is 2.83 bits per heavy atom. The monoisotopic (exact) mass is 285 g/mol. The lowest BCUT2D eigenvalue weighted by Gasteiger charge is -2.24. The number of sulfone groups is 1. The van der Waals surface area contributed by atoms with Crippen molar-refractivity contribution >= 4 is 32.9 Å². The molecule has 0 spiro atoms. The van der Waals surface area contributed by atoms with E-state index in [1.165, 1.54) is 0 Å². The first-order chi connectivity index (χ1) is 8.30. The summed E-state index contributed by atoms with van der Waals surface area (Å²) < 4.78 is 23.0. The lowest BCUT2D eigenvalue weighted by atomic mass is 10.0. The van der Waals surface area contributed by atoms with E-state index in [2.05, 4.69) is 10.3 Å². The third-order valence-corrected chi connectivity index (χ3v) is 5.05. The number of nitrogens with two attached hydrogens (primary N) is 1. The quantitative estimate of drug-likeness (QED) is 0.795. The molecular formula is C11H15N3O2S2. The fraction of sp³-hybridized carbons (Fsp3) is 0.455. The molecule has 1 saturated heterocycles. The fourth-order valence-corrected chi connectivity index (χ4v) is 4.27. The highest BCUT2D eigenvalue weighted by Gasteiger charge is 2.38.